The molecule has 1 aliphatic heterocycles. The van der Waals surface area contributed by atoms with Crippen LogP contribution in [0.15, 0.2) is 30.5 Å². The summed E-state index contributed by atoms with van der Waals surface area (Å²) in [7, 11) is 1.25. The van der Waals surface area contributed by atoms with Gasteiger partial charge in [0.25, 0.3) is 0 Å². The smallest absolute Gasteiger partial charge is 0.477 e. The molecule has 7 nitrogen and oxygen atoms in total. The zero-order valence-electron chi connectivity index (χ0n) is 18.1. The van der Waals surface area contributed by atoms with E-state index in [0.29, 0.717) is 25.0 Å². The number of nitrogens with one attached hydrogen (secondary N) is 1. The molecule has 0 spiro atoms. The maximum absolute atomic E-state index is 6.18. The lowest BCUT2D eigenvalue weighted by molar-refractivity contribution is 0.00578. The number of rotatable bonds is 8. The van der Waals surface area contributed by atoms with Crippen LogP contribution in [0.2, 0.25) is 0 Å². The predicted octanol–water partition coefficient (Wildman–Crippen LogP) is 3.24. The van der Waals surface area contributed by atoms with E-state index >= 15 is 0 Å². The quantitative estimate of drug-likeness (QED) is 0.540. The third-order valence-corrected chi connectivity index (χ3v) is 5.25. The van der Waals surface area contributed by atoms with Crippen molar-refractivity contribution in [1.29, 1.82) is 0 Å². The van der Waals surface area contributed by atoms with Crippen LogP contribution in [-0.4, -0.2) is 48.6 Å². The van der Waals surface area contributed by atoms with Gasteiger partial charge in [-0.3, -0.25) is 0 Å². The highest BCUT2D eigenvalue weighted by molar-refractivity contribution is 6.62. The fourth-order valence-electron chi connectivity index (χ4n) is 2.99. The van der Waals surface area contributed by atoms with Crippen LogP contribution in [0.5, 0.6) is 5.88 Å². The summed E-state index contributed by atoms with van der Waals surface area (Å²) in [4.78, 5) is 8.71. The topological polar surface area (TPSA) is 74.7 Å². The van der Waals surface area contributed by atoms with E-state index in [1.807, 2.05) is 46.8 Å². The molecule has 2 aromatic rings. The molecular weight excluding hydrogens is 369 g/mol. The Morgan fingerprint density at radius 1 is 1.07 bits per heavy atom. The number of hydrogen-bond acceptors (Lipinski definition) is 7. The van der Waals surface area contributed by atoms with E-state index in [-0.39, 0.29) is 11.2 Å². The van der Waals surface area contributed by atoms with Gasteiger partial charge in [0, 0.05) is 38.1 Å². The van der Waals surface area contributed by atoms with Gasteiger partial charge in [-0.15, -0.1) is 0 Å². The summed E-state index contributed by atoms with van der Waals surface area (Å²) in [6.07, 6.45) is 2.48. The number of ether oxygens (including phenoxy) is 2. The molecule has 8 heteroatoms. The highest BCUT2D eigenvalue weighted by Crippen LogP contribution is 2.36. The van der Waals surface area contributed by atoms with Crippen molar-refractivity contribution in [3.8, 4) is 5.88 Å². The van der Waals surface area contributed by atoms with Gasteiger partial charge in [0.1, 0.15) is 0 Å². The van der Waals surface area contributed by atoms with E-state index in [4.69, 9.17) is 18.8 Å². The Kier molecular flexibility index (Phi) is 6.46. The van der Waals surface area contributed by atoms with Crippen LogP contribution in [0.3, 0.4) is 0 Å². The second-order valence-corrected chi connectivity index (χ2v) is 8.26. The zero-order chi connectivity index (χ0) is 21.1. The minimum absolute atomic E-state index is 0.382. The van der Waals surface area contributed by atoms with Crippen LogP contribution in [0.4, 0.5) is 11.6 Å². The maximum atomic E-state index is 6.18. The normalized spacial score (nSPS) is 17.4. The van der Waals surface area contributed by atoms with Gasteiger partial charge in [-0.2, -0.15) is 4.98 Å². The fraction of sp³-hybridized carbons (Fsp3) is 0.524. The number of methoxy groups -OCH3 is 1. The largest absolute Gasteiger partial charge is 0.494 e. The molecule has 0 unspecified atom stereocenters. The zero-order valence-corrected chi connectivity index (χ0v) is 18.1. The first-order chi connectivity index (χ1) is 13.7. The number of nitrogens with zero attached hydrogens (tertiary/aromatic N) is 2. The third-order valence-electron chi connectivity index (χ3n) is 5.25. The molecule has 1 aromatic heterocycles. The lowest BCUT2D eigenvalue weighted by atomic mass is 9.78. The summed E-state index contributed by atoms with van der Waals surface area (Å²) in [6.45, 7) is 11.4. The average Bonchev–Trinajstić information content (AvgIpc) is 2.86. The molecule has 156 valence electrons. The fourth-order valence-corrected chi connectivity index (χ4v) is 2.99. The van der Waals surface area contributed by atoms with E-state index in [1.165, 1.54) is 0 Å². The monoisotopic (exact) mass is 399 g/mol. The molecule has 0 amide bonds. The Morgan fingerprint density at radius 2 is 1.79 bits per heavy atom. The van der Waals surface area contributed by atoms with E-state index < -0.39 is 7.12 Å². The van der Waals surface area contributed by atoms with Gasteiger partial charge >= 0.3 is 7.12 Å². The molecular formula is C21H30BN3O4. The first-order valence-electron chi connectivity index (χ1n) is 9.89. The summed E-state index contributed by atoms with van der Waals surface area (Å²) in [5, 5.41) is 3.25. The van der Waals surface area contributed by atoms with Crippen LogP contribution in [0.1, 0.15) is 39.7 Å². The van der Waals surface area contributed by atoms with Gasteiger partial charge in [-0.1, -0.05) is 6.07 Å². The molecule has 0 radical (unpaired) electrons. The van der Waals surface area contributed by atoms with Gasteiger partial charge in [0.05, 0.1) is 17.8 Å². The Balaban J connectivity index is 1.73. The van der Waals surface area contributed by atoms with Crippen LogP contribution in [0, 0.1) is 6.92 Å². The van der Waals surface area contributed by atoms with Crippen molar-refractivity contribution in [3.05, 3.63) is 36.0 Å². The minimum atomic E-state index is -0.420. The van der Waals surface area contributed by atoms with E-state index in [0.717, 1.165) is 23.1 Å². The molecule has 1 N–H and O–H groups in total. The minimum Gasteiger partial charge on any atom is -0.477 e. The Morgan fingerprint density at radius 3 is 2.48 bits per heavy atom. The molecule has 0 bridgehead atoms. The third kappa shape index (κ3) is 5.26. The first-order valence-corrected chi connectivity index (χ1v) is 9.89. The molecule has 2 heterocycles. The van der Waals surface area contributed by atoms with Gasteiger partial charge in [-0.05, 0) is 57.8 Å². The number of hydrogen-bond donors (Lipinski definition) is 1. The highest BCUT2D eigenvalue weighted by Gasteiger charge is 2.51. The van der Waals surface area contributed by atoms with Gasteiger partial charge in [-0.25, -0.2) is 4.98 Å². The predicted molar refractivity (Wildman–Crippen MR) is 114 cm³/mol. The maximum Gasteiger partial charge on any atom is 0.494 e. The van der Waals surface area contributed by atoms with E-state index in [9.17, 15) is 0 Å². The summed E-state index contributed by atoms with van der Waals surface area (Å²) < 4.78 is 23.0. The molecule has 0 saturated carbocycles. The molecule has 3 rings (SSSR count). The molecule has 1 aromatic carbocycles. The Hall–Kier alpha value is -2.16. The standard InChI is InChI=1S/C21H30BN3O4/c1-15-12-16(22-28-20(2,3)21(4,5)29-22)14-17(13-15)24-19-23-9-8-18(25-19)27-11-7-10-26-6/h8-9,12-14H,7,10-11H2,1-6H3,(H,23,24,25). The van der Waals surface area contributed by atoms with E-state index in [2.05, 4.69) is 21.4 Å². The SMILES string of the molecule is COCCCOc1ccnc(Nc2cc(C)cc(B3OC(C)(C)C(C)(C)O3)c2)n1. The van der Waals surface area contributed by atoms with Gasteiger partial charge in [0.2, 0.25) is 11.8 Å². The Labute approximate surface area is 173 Å². The average molecular weight is 399 g/mol. The van der Waals surface area contributed by atoms with Crippen molar-refractivity contribution in [2.24, 2.45) is 0 Å². The van der Waals surface area contributed by atoms with Gasteiger partial charge < -0.3 is 24.1 Å². The van der Waals surface area contributed by atoms with Crippen LogP contribution < -0.4 is 15.5 Å². The van der Waals surface area contributed by atoms with Gasteiger partial charge in [0.15, 0.2) is 0 Å². The van der Waals surface area contributed by atoms with Crippen LogP contribution >= 0.6 is 0 Å². The van der Waals surface area contributed by atoms with Crippen LogP contribution in [0.25, 0.3) is 0 Å². The van der Waals surface area contributed by atoms with Crippen molar-refractivity contribution in [1.82, 2.24) is 9.97 Å². The summed E-state index contributed by atoms with van der Waals surface area (Å²) in [5.41, 5.74) is 2.15. The van der Waals surface area contributed by atoms with Crippen molar-refractivity contribution >= 4 is 24.2 Å². The lowest BCUT2D eigenvalue weighted by Gasteiger charge is -2.32. The molecule has 1 fully saturated rings. The highest BCUT2D eigenvalue weighted by atomic mass is 16.7. The van der Waals surface area contributed by atoms with Crippen molar-refractivity contribution in [2.45, 2.75) is 52.2 Å². The first kappa shape index (κ1) is 21.6. The molecule has 29 heavy (non-hydrogen) atoms. The summed E-state index contributed by atoms with van der Waals surface area (Å²) >= 11 is 0. The summed E-state index contributed by atoms with van der Waals surface area (Å²) in [6, 6.07) is 7.85. The van der Waals surface area contributed by atoms with Crippen molar-refractivity contribution < 1.29 is 18.8 Å². The van der Waals surface area contributed by atoms with Crippen molar-refractivity contribution in [3.63, 3.8) is 0 Å². The second kappa shape index (κ2) is 8.69. The van der Waals surface area contributed by atoms with E-state index in [1.54, 1.807) is 19.4 Å². The number of benzene rings is 1. The van der Waals surface area contributed by atoms with Crippen LogP contribution in [-0.2, 0) is 14.0 Å². The Bertz CT molecular complexity index is 828. The number of aromatic nitrogens is 2. The number of anilines is 2. The molecule has 0 atom stereocenters. The molecule has 1 aliphatic rings. The van der Waals surface area contributed by atoms with Crippen molar-refractivity contribution in [2.75, 3.05) is 25.6 Å². The molecule has 0 aliphatic carbocycles. The number of aryl methyl sites for hydroxylation is 1. The lowest BCUT2D eigenvalue weighted by Crippen LogP contribution is -2.41. The molecule has 1 saturated heterocycles. The summed E-state index contributed by atoms with van der Waals surface area (Å²) in [5.74, 6) is 0.997. The second-order valence-electron chi connectivity index (χ2n) is 8.26.